The summed E-state index contributed by atoms with van der Waals surface area (Å²) in [6, 6.07) is 2.31. The molecule has 5 heteroatoms. The number of carbonyl (C=O) groups is 1. The molecular formula is C12H16BrN3O. The molecular weight excluding hydrogens is 282 g/mol. The van der Waals surface area contributed by atoms with Crippen LogP contribution in [0.15, 0.2) is 22.9 Å². The van der Waals surface area contributed by atoms with Crippen LogP contribution in [0.3, 0.4) is 0 Å². The van der Waals surface area contributed by atoms with Crippen LogP contribution in [0.5, 0.6) is 0 Å². The molecule has 0 spiro atoms. The normalized spacial score (nSPS) is 24.4. The number of nitrogens with one attached hydrogen (secondary N) is 2. The molecule has 1 aromatic rings. The summed E-state index contributed by atoms with van der Waals surface area (Å²) in [5.74, 6) is -0.0562. The monoisotopic (exact) mass is 297 g/mol. The highest BCUT2D eigenvalue weighted by molar-refractivity contribution is 9.10. The van der Waals surface area contributed by atoms with Gasteiger partial charge in [-0.3, -0.25) is 9.78 Å². The Morgan fingerprint density at radius 2 is 2.41 bits per heavy atom. The lowest BCUT2D eigenvalue weighted by Gasteiger charge is -2.30. The highest BCUT2D eigenvalue weighted by Gasteiger charge is 2.22. The van der Waals surface area contributed by atoms with Gasteiger partial charge in [0.05, 0.1) is 5.56 Å². The second kappa shape index (κ2) is 5.60. The molecule has 1 amide bonds. The van der Waals surface area contributed by atoms with E-state index in [1.807, 2.05) is 0 Å². The first kappa shape index (κ1) is 12.5. The van der Waals surface area contributed by atoms with E-state index in [9.17, 15) is 4.79 Å². The maximum absolute atomic E-state index is 12.0. The van der Waals surface area contributed by atoms with Gasteiger partial charge < -0.3 is 10.6 Å². The van der Waals surface area contributed by atoms with Gasteiger partial charge >= 0.3 is 0 Å². The topological polar surface area (TPSA) is 54.0 Å². The second-order valence-electron chi connectivity index (χ2n) is 4.36. The summed E-state index contributed by atoms with van der Waals surface area (Å²) in [4.78, 5) is 16.0. The number of hydrogen-bond acceptors (Lipinski definition) is 3. The third kappa shape index (κ3) is 3.26. The van der Waals surface area contributed by atoms with Gasteiger partial charge in [-0.15, -0.1) is 0 Å². The molecule has 92 valence electrons. The van der Waals surface area contributed by atoms with Gasteiger partial charge in [-0.1, -0.05) is 0 Å². The van der Waals surface area contributed by atoms with Crippen molar-refractivity contribution in [3.8, 4) is 0 Å². The van der Waals surface area contributed by atoms with E-state index >= 15 is 0 Å². The van der Waals surface area contributed by atoms with Crippen LogP contribution in [0.2, 0.25) is 0 Å². The van der Waals surface area contributed by atoms with Gasteiger partial charge in [-0.05, 0) is 48.3 Å². The number of hydrogen-bond donors (Lipinski definition) is 2. The standard InChI is InChI=1S/C12H16BrN3O/c1-8-11(3-2-4-15-8)16-12(17)9-5-10(13)7-14-6-9/h5-8,11,15H,2-4H2,1H3,(H,16,17). The third-order valence-electron chi connectivity index (χ3n) is 3.05. The SMILES string of the molecule is CC1NCCCC1NC(=O)c1cncc(Br)c1. The largest absolute Gasteiger partial charge is 0.348 e. The number of halogens is 1. The minimum absolute atomic E-state index is 0.0562. The van der Waals surface area contributed by atoms with Gasteiger partial charge in [0.1, 0.15) is 0 Å². The molecule has 1 saturated heterocycles. The van der Waals surface area contributed by atoms with Gasteiger partial charge in [0.25, 0.3) is 5.91 Å². The molecule has 0 radical (unpaired) electrons. The first-order chi connectivity index (χ1) is 8.16. The Labute approximate surface area is 109 Å². The fourth-order valence-electron chi connectivity index (χ4n) is 2.03. The van der Waals surface area contributed by atoms with Crippen molar-refractivity contribution in [3.63, 3.8) is 0 Å². The van der Waals surface area contributed by atoms with Crippen molar-refractivity contribution >= 4 is 21.8 Å². The van der Waals surface area contributed by atoms with E-state index in [2.05, 4.69) is 38.5 Å². The van der Waals surface area contributed by atoms with Gasteiger partial charge in [-0.25, -0.2) is 0 Å². The zero-order chi connectivity index (χ0) is 12.3. The van der Waals surface area contributed by atoms with Crippen LogP contribution in [0.25, 0.3) is 0 Å². The molecule has 2 rings (SSSR count). The van der Waals surface area contributed by atoms with Crippen LogP contribution in [0, 0.1) is 0 Å². The van der Waals surface area contributed by atoms with Crippen molar-refractivity contribution in [2.24, 2.45) is 0 Å². The molecule has 17 heavy (non-hydrogen) atoms. The van der Waals surface area contributed by atoms with Gasteiger partial charge in [0.15, 0.2) is 0 Å². The van der Waals surface area contributed by atoms with Crippen molar-refractivity contribution in [1.82, 2.24) is 15.6 Å². The van der Waals surface area contributed by atoms with E-state index in [1.54, 1.807) is 18.5 Å². The second-order valence-corrected chi connectivity index (χ2v) is 5.27. The van der Waals surface area contributed by atoms with Crippen molar-refractivity contribution in [2.75, 3.05) is 6.54 Å². The summed E-state index contributed by atoms with van der Waals surface area (Å²) in [5, 5.41) is 6.41. The fraction of sp³-hybridized carbons (Fsp3) is 0.500. The average Bonchev–Trinajstić information content (AvgIpc) is 2.32. The molecule has 4 nitrogen and oxygen atoms in total. The number of rotatable bonds is 2. The minimum Gasteiger partial charge on any atom is -0.348 e. The molecule has 2 unspecified atom stereocenters. The summed E-state index contributed by atoms with van der Waals surface area (Å²) in [5.41, 5.74) is 0.595. The molecule has 1 aromatic heterocycles. The lowest BCUT2D eigenvalue weighted by Crippen LogP contribution is -2.51. The number of pyridine rings is 1. The minimum atomic E-state index is -0.0562. The third-order valence-corrected chi connectivity index (χ3v) is 3.48. The van der Waals surface area contributed by atoms with Crippen LogP contribution in [0.1, 0.15) is 30.1 Å². The molecule has 2 heterocycles. The molecule has 2 atom stereocenters. The lowest BCUT2D eigenvalue weighted by atomic mass is 9.99. The Morgan fingerprint density at radius 3 is 3.12 bits per heavy atom. The Kier molecular flexibility index (Phi) is 4.12. The predicted molar refractivity (Wildman–Crippen MR) is 69.9 cm³/mol. The van der Waals surface area contributed by atoms with E-state index in [0.717, 1.165) is 23.9 Å². The molecule has 0 bridgehead atoms. The molecule has 1 aliphatic rings. The first-order valence-electron chi connectivity index (χ1n) is 5.81. The average molecular weight is 298 g/mol. The summed E-state index contributed by atoms with van der Waals surface area (Å²) >= 11 is 3.31. The lowest BCUT2D eigenvalue weighted by molar-refractivity contribution is 0.0919. The Bertz CT molecular complexity index is 410. The highest BCUT2D eigenvalue weighted by Crippen LogP contribution is 2.12. The zero-order valence-corrected chi connectivity index (χ0v) is 11.3. The maximum Gasteiger partial charge on any atom is 0.253 e. The van der Waals surface area contributed by atoms with E-state index in [4.69, 9.17) is 0 Å². The number of nitrogens with zero attached hydrogens (tertiary/aromatic N) is 1. The van der Waals surface area contributed by atoms with Crippen LogP contribution in [-0.4, -0.2) is 29.5 Å². The fourth-order valence-corrected chi connectivity index (χ4v) is 2.39. The molecule has 1 fully saturated rings. The summed E-state index contributed by atoms with van der Waals surface area (Å²) in [7, 11) is 0. The van der Waals surface area contributed by atoms with Gasteiger partial charge in [0, 0.05) is 29.0 Å². The summed E-state index contributed by atoms with van der Waals surface area (Å²) in [6.45, 7) is 3.13. The number of carbonyl (C=O) groups excluding carboxylic acids is 1. The number of aromatic nitrogens is 1. The van der Waals surface area contributed by atoms with E-state index in [1.165, 1.54) is 0 Å². The summed E-state index contributed by atoms with van der Waals surface area (Å²) < 4.78 is 0.819. The van der Waals surface area contributed by atoms with Crippen LogP contribution in [0.4, 0.5) is 0 Å². The first-order valence-corrected chi connectivity index (χ1v) is 6.61. The van der Waals surface area contributed by atoms with Crippen molar-refractivity contribution < 1.29 is 4.79 Å². The predicted octanol–water partition coefficient (Wildman–Crippen LogP) is 1.71. The van der Waals surface area contributed by atoms with Crippen molar-refractivity contribution in [1.29, 1.82) is 0 Å². The van der Waals surface area contributed by atoms with E-state index < -0.39 is 0 Å². The van der Waals surface area contributed by atoms with E-state index in [0.29, 0.717) is 11.6 Å². The molecule has 2 N–H and O–H groups in total. The molecule has 0 aliphatic carbocycles. The molecule has 0 saturated carbocycles. The van der Waals surface area contributed by atoms with Crippen LogP contribution >= 0.6 is 15.9 Å². The van der Waals surface area contributed by atoms with Gasteiger partial charge in [-0.2, -0.15) is 0 Å². The zero-order valence-electron chi connectivity index (χ0n) is 9.74. The highest BCUT2D eigenvalue weighted by atomic mass is 79.9. The smallest absolute Gasteiger partial charge is 0.253 e. The van der Waals surface area contributed by atoms with E-state index in [-0.39, 0.29) is 11.9 Å². The Hall–Kier alpha value is -0.940. The molecule has 1 aliphatic heterocycles. The number of piperidine rings is 1. The summed E-state index contributed by atoms with van der Waals surface area (Å²) in [6.07, 6.45) is 5.38. The van der Waals surface area contributed by atoms with Crippen molar-refractivity contribution in [2.45, 2.75) is 31.8 Å². The Balaban J connectivity index is 2.01. The van der Waals surface area contributed by atoms with Crippen molar-refractivity contribution in [3.05, 3.63) is 28.5 Å². The molecule has 0 aromatic carbocycles. The Morgan fingerprint density at radius 1 is 1.59 bits per heavy atom. The maximum atomic E-state index is 12.0. The quantitative estimate of drug-likeness (QED) is 0.874. The van der Waals surface area contributed by atoms with Crippen LogP contribution < -0.4 is 10.6 Å². The van der Waals surface area contributed by atoms with Crippen LogP contribution in [-0.2, 0) is 0 Å². The van der Waals surface area contributed by atoms with Gasteiger partial charge in [0.2, 0.25) is 0 Å². The number of amides is 1.